The van der Waals surface area contributed by atoms with Crippen molar-refractivity contribution >= 4 is 29.2 Å². The molecule has 0 bridgehead atoms. The Balaban J connectivity index is 1.93. The van der Waals surface area contributed by atoms with Gasteiger partial charge in [0.2, 0.25) is 0 Å². The monoisotopic (exact) mass is 402 g/mol. The minimum Gasteiger partial charge on any atom is -0.490 e. The Morgan fingerprint density at radius 2 is 1.62 bits per heavy atom. The van der Waals surface area contributed by atoms with E-state index in [-0.39, 0.29) is 17.9 Å². The van der Waals surface area contributed by atoms with E-state index < -0.39 is 35.1 Å². The SMILES string of the molecule is CCOC(=O)c1ccc(NC(=O)COC(=O)c2ccc(OC)c([N+](=O)[O-])c2)cc1. The van der Waals surface area contributed by atoms with Gasteiger partial charge in [0.05, 0.1) is 29.8 Å². The number of nitro groups is 1. The molecule has 0 aromatic heterocycles. The number of hydrogen-bond donors (Lipinski definition) is 1. The molecule has 0 aliphatic rings. The zero-order valence-corrected chi connectivity index (χ0v) is 15.7. The van der Waals surface area contributed by atoms with Crippen molar-refractivity contribution in [2.24, 2.45) is 0 Å². The average molecular weight is 402 g/mol. The van der Waals surface area contributed by atoms with Gasteiger partial charge in [0, 0.05) is 11.8 Å². The molecular formula is C19H18N2O8. The standard InChI is InChI=1S/C19H18N2O8/c1-3-28-18(23)12-4-7-14(8-5-12)20-17(22)11-29-19(24)13-6-9-16(27-2)15(10-13)21(25)26/h4-10H,3,11H2,1-2H3,(H,20,22). The average Bonchev–Trinajstić information content (AvgIpc) is 2.72. The Morgan fingerprint density at radius 3 is 2.21 bits per heavy atom. The van der Waals surface area contributed by atoms with Crippen LogP contribution in [0.3, 0.4) is 0 Å². The fraction of sp³-hybridized carbons (Fsp3) is 0.211. The highest BCUT2D eigenvalue weighted by Crippen LogP contribution is 2.27. The zero-order valence-electron chi connectivity index (χ0n) is 15.7. The van der Waals surface area contributed by atoms with Crippen LogP contribution >= 0.6 is 0 Å². The molecule has 10 heteroatoms. The molecule has 0 radical (unpaired) electrons. The number of rotatable bonds is 8. The lowest BCUT2D eigenvalue weighted by atomic mass is 10.2. The van der Waals surface area contributed by atoms with Crippen LogP contribution in [0.15, 0.2) is 42.5 Å². The Bertz CT molecular complexity index is 924. The summed E-state index contributed by atoms with van der Waals surface area (Å²) in [5.41, 5.74) is 0.230. The van der Waals surface area contributed by atoms with E-state index in [9.17, 15) is 24.5 Å². The second kappa shape index (κ2) is 9.83. The summed E-state index contributed by atoms with van der Waals surface area (Å²) in [6.45, 7) is 1.34. The van der Waals surface area contributed by atoms with Gasteiger partial charge in [0.25, 0.3) is 5.91 Å². The molecule has 0 unspecified atom stereocenters. The van der Waals surface area contributed by atoms with Crippen LogP contribution in [0, 0.1) is 10.1 Å². The van der Waals surface area contributed by atoms with Crippen molar-refractivity contribution in [2.75, 3.05) is 25.6 Å². The maximum absolute atomic E-state index is 12.0. The van der Waals surface area contributed by atoms with E-state index >= 15 is 0 Å². The van der Waals surface area contributed by atoms with Crippen LogP contribution in [0.5, 0.6) is 5.75 Å². The van der Waals surface area contributed by atoms with Gasteiger partial charge in [-0.1, -0.05) is 0 Å². The molecule has 152 valence electrons. The van der Waals surface area contributed by atoms with Gasteiger partial charge in [-0.2, -0.15) is 0 Å². The van der Waals surface area contributed by atoms with Crippen LogP contribution in [0.4, 0.5) is 11.4 Å². The zero-order chi connectivity index (χ0) is 21.4. The number of carbonyl (C=O) groups excluding carboxylic acids is 3. The van der Waals surface area contributed by atoms with Crippen LogP contribution in [0.25, 0.3) is 0 Å². The maximum atomic E-state index is 12.0. The molecule has 2 rings (SSSR count). The van der Waals surface area contributed by atoms with Gasteiger partial charge >= 0.3 is 17.6 Å². The number of ether oxygens (including phenoxy) is 3. The van der Waals surface area contributed by atoms with Crippen LogP contribution < -0.4 is 10.1 Å². The number of hydrogen-bond acceptors (Lipinski definition) is 8. The first-order chi connectivity index (χ1) is 13.8. The van der Waals surface area contributed by atoms with Gasteiger partial charge in [-0.15, -0.1) is 0 Å². The second-order valence-electron chi connectivity index (χ2n) is 5.57. The molecule has 10 nitrogen and oxygen atoms in total. The van der Waals surface area contributed by atoms with Crippen molar-refractivity contribution in [3.63, 3.8) is 0 Å². The van der Waals surface area contributed by atoms with E-state index in [4.69, 9.17) is 14.2 Å². The molecule has 0 atom stereocenters. The minimum atomic E-state index is -0.899. The number of nitrogens with one attached hydrogen (secondary N) is 1. The van der Waals surface area contributed by atoms with Gasteiger partial charge in [-0.3, -0.25) is 14.9 Å². The first kappa shape index (κ1) is 21.4. The lowest BCUT2D eigenvalue weighted by molar-refractivity contribution is -0.385. The molecule has 0 heterocycles. The molecule has 0 fully saturated rings. The number of anilines is 1. The van der Waals surface area contributed by atoms with Crippen molar-refractivity contribution in [3.05, 3.63) is 63.7 Å². The lowest BCUT2D eigenvalue weighted by Gasteiger charge is -2.08. The van der Waals surface area contributed by atoms with Gasteiger partial charge in [-0.05, 0) is 43.3 Å². The molecule has 1 N–H and O–H groups in total. The van der Waals surface area contributed by atoms with E-state index in [1.54, 1.807) is 6.92 Å². The Hall–Kier alpha value is -3.95. The Kier molecular flexibility index (Phi) is 7.24. The first-order valence-electron chi connectivity index (χ1n) is 8.42. The largest absolute Gasteiger partial charge is 0.490 e. The molecule has 0 aliphatic heterocycles. The van der Waals surface area contributed by atoms with Gasteiger partial charge < -0.3 is 19.5 Å². The topological polar surface area (TPSA) is 134 Å². The fourth-order valence-electron chi connectivity index (χ4n) is 2.28. The minimum absolute atomic E-state index is 0.00411. The number of nitrogens with zero attached hydrogens (tertiary/aromatic N) is 1. The van der Waals surface area contributed by atoms with E-state index in [1.165, 1.54) is 43.5 Å². The summed E-state index contributed by atoms with van der Waals surface area (Å²) < 4.78 is 14.6. The number of amides is 1. The Morgan fingerprint density at radius 1 is 1.00 bits per heavy atom. The number of esters is 2. The van der Waals surface area contributed by atoms with Crippen molar-refractivity contribution in [2.45, 2.75) is 6.92 Å². The summed E-state index contributed by atoms with van der Waals surface area (Å²) in [6, 6.07) is 9.52. The highest BCUT2D eigenvalue weighted by atomic mass is 16.6. The number of nitro benzene ring substituents is 1. The molecule has 0 aliphatic carbocycles. The first-order valence-corrected chi connectivity index (χ1v) is 8.42. The quantitative estimate of drug-likeness (QED) is 0.404. The molecule has 2 aromatic carbocycles. The van der Waals surface area contributed by atoms with Gasteiger partial charge in [-0.25, -0.2) is 9.59 Å². The van der Waals surface area contributed by atoms with Crippen LogP contribution in [0.1, 0.15) is 27.6 Å². The third-order valence-corrected chi connectivity index (χ3v) is 3.63. The van der Waals surface area contributed by atoms with Crippen molar-refractivity contribution in [1.82, 2.24) is 0 Å². The predicted molar refractivity (Wildman–Crippen MR) is 101 cm³/mol. The van der Waals surface area contributed by atoms with E-state index in [0.717, 1.165) is 6.07 Å². The molecule has 0 spiro atoms. The summed E-state index contributed by atoms with van der Waals surface area (Å²) in [6.07, 6.45) is 0. The van der Waals surface area contributed by atoms with Crippen LogP contribution in [-0.4, -0.2) is 43.1 Å². The van der Waals surface area contributed by atoms with Crippen LogP contribution in [-0.2, 0) is 14.3 Å². The molecule has 0 saturated carbocycles. The van der Waals surface area contributed by atoms with E-state index in [2.05, 4.69) is 5.32 Å². The predicted octanol–water partition coefficient (Wildman–Crippen LogP) is 2.58. The van der Waals surface area contributed by atoms with Gasteiger partial charge in [0.1, 0.15) is 0 Å². The molecule has 29 heavy (non-hydrogen) atoms. The second-order valence-corrected chi connectivity index (χ2v) is 5.57. The van der Waals surface area contributed by atoms with Crippen molar-refractivity contribution < 1.29 is 33.5 Å². The summed E-state index contributed by atoms with van der Waals surface area (Å²) in [7, 11) is 1.27. The maximum Gasteiger partial charge on any atom is 0.338 e. The number of benzene rings is 2. The Labute approximate surface area is 165 Å². The lowest BCUT2D eigenvalue weighted by Crippen LogP contribution is -2.21. The summed E-state index contributed by atoms with van der Waals surface area (Å²) in [4.78, 5) is 45.9. The number of carbonyl (C=O) groups is 3. The summed E-state index contributed by atoms with van der Waals surface area (Å²) in [5.74, 6) is -2.00. The summed E-state index contributed by atoms with van der Waals surface area (Å²) in [5, 5.41) is 13.5. The molecule has 0 saturated heterocycles. The van der Waals surface area contributed by atoms with Gasteiger partial charge in [0.15, 0.2) is 12.4 Å². The summed E-state index contributed by atoms with van der Waals surface area (Å²) >= 11 is 0. The van der Waals surface area contributed by atoms with Crippen LogP contribution in [0.2, 0.25) is 0 Å². The number of methoxy groups -OCH3 is 1. The smallest absolute Gasteiger partial charge is 0.338 e. The van der Waals surface area contributed by atoms with E-state index in [1.807, 2.05) is 0 Å². The molecule has 1 amide bonds. The van der Waals surface area contributed by atoms with E-state index in [0.29, 0.717) is 11.3 Å². The van der Waals surface area contributed by atoms with Crippen molar-refractivity contribution in [1.29, 1.82) is 0 Å². The fourth-order valence-corrected chi connectivity index (χ4v) is 2.28. The molecule has 2 aromatic rings. The van der Waals surface area contributed by atoms with Crippen molar-refractivity contribution in [3.8, 4) is 5.75 Å². The normalized spacial score (nSPS) is 10.0. The third kappa shape index (κ3) is 5.76. The third-order valence-electron chi connectivity index (χ3n) is 3.63. The highest BCUT2D eigenvalue weighted by Gasteiger charge is 2.19. The molecular weight excluding hydrogens is 384 g/mol. The highest BCUT2D eigenvalue weighted by molar-refractivity contribution is 5.96.